The average Bonchev–Trinajstić information content (AvgIpc) is 2.47. The molecule has 0 unspecified atom stereocenters. The van der Waals surface area contributed by atoms with Crippen LogP contribution >= 0.6 is 24.0 Å². The molecule has 120 valence electrons. The number of rotatable bonds is 3. The van der Waals surface area contributed by atoms with E-state index in [0.29, 0.717) is 0 Å². The first-order valence-corrected chi connectivity index (χ1v) is 7.55. The monoisotopic (exact) mass is 419 g/mol. The maximum absolute atomic E-state index is 4.79. The molecule has 0 amide bonds. The van der Waals surface area contributed by atoms with E-state index in [-0.39, 0.29) is 29.5 Å². The second-order valence-corrected chi connectivity index (χ2v) is 6.14. The fourth-order valence-electron chi connectivity index (χ4n) is 2.60. The fraction of sp³-hybridized carbons (Fsp3) is 0.211. The molecule has 1 heterocycles. The van der Waals surface area contributed by atoms with Gasteiger partial charge in [0.1, 0.15) is 5.84 Å². The molecule has 2 N–H and O–H groups in total. The summed E-state index contributed by atoms with van der Waals surface area (Å²) in [5.74, 6) is 0.890. The molecule has 0 spiro atoms. The van der Waals surface area contributed by atoms with Crippen LogP contribution in [0.15, 0.2) is 77.4 Å². The lowest BCUT2D eigenvalue weighted by Crippen LogP contribution is -2.29. The predicted molar refractivity (Wildman–Crippen MR) is 110 cm³/mol. The zero-order valence-electron chi connectivity index (χ0n) is 13.4. The third kappa shape index (κ3) is 5.10. The van der Waals surface area contributed by atoms with Gasteiger partial charge in [-0.3, -0.25) is 4.99 Å². The van der Waals surface area contributed by atoms with Crippen molar-refractivity contribution >= 4 is 41.2 Å². The highest BCUT2D eigenvalue weighted by Crippen LogP contribution is 2.26. The van der Waals surface area contributed by atoms with Crippen LogP contribution < -0.4 is 10.6 Å². The van der Waals surface area contributed by atoms with Crippen LogP contribution in [0, 0.1) is 0 Å². The number of benzene rings is 2. The van der Waals surface area contributed by atoms with E-state index < -0.39 is 0 Å². The van der Waals surface area contributed by atoms with E-state index >= 15 is 0 Å². The van der Waals surface area contributed by atoms with Crippen LogP contribution in [0.3, 0.4) is 0 Å². The summed E-state index contributed by atoms with van der Waals surface area (Å²) in [4.78, 5) is 4.79. The molecule has 0 aromatic heterocycles. The number of para-hydroxylation sites is 2. The summed E-state index contributed by atoms with van der Waals surface area (Å²) in [6.07, 6.45) is 2.98. The van der Waals surface area contributed by atoms with Gasteiger partial charge in [0.2, 0.25) is 0 Å². The summed E-state index contributed by atoms with van der Waals surface area (Å²) in [6.45, 7) is 4.30. The molecule has 1 aliphatic rings. The van der Waals surface area contributed by atoms with Gasteiger partial charge in [0.25, 0.3) is 0 Å². The van der Waals surface area contributed by atoms with Crippen LogP contribution in [0.2, 0.25) is 0 Å². The van der Waals surface area contributed by atoms with E-state index in [9.17, 15) is 0 Å². The lowest BCUT2D eigenvalue weighted by Gasteiger charge is -2.28. The van der Waals surface area contributed by atoms with Gasteiger partial charge in [0.05, 0.1) is 5.54 Å². The molecule has 1 aliphatic heterocycles. The normalized spacial score (nSPS) is 15.7. The standard InChI is InChI=1S/C19H21N3.HI/c1-19(2)14-17(20-15-9-5-3-6-10-15)13-18(22-19)21-16-11-7-4-8-12-16;/h3-13,20H,14H2,1-2H3,(H,21,22);1H. The molecule has 0 fully saturated rings. The minimum atomic E-state index is -0.122. The molecular weight excluding hydrogens is 397 g/mol. The predicted octanol–water partition coefficient (Wildman–Crippen LogP) is 5.29. The van der Waals surface area contributed by atoms with Gasteiger partial charge in [-0.25, -0.2) is 0 Å². The zero-order valence-corrected chi connectivity index (χ0v) is 15.7. The summed E-state index contributed by atoms with van der Waals surface area (Å²) in [6, 6.07) is 20.4. The van der Waals surface area contributed by atoms with E-state index in [4.69, 9.17) is 4.99 Å². The number of amidine groups is 1. The molecule has 0 bridgehead atoms. The number of hydrogen-bond donors (Lipinski definition) is 2. The topological polar surface area (TPSA) is 36.4 Å². The quantitative estimate of drug-likeness (QED) is 0.663. The van der Waals surface area contributed by atoms with Crippen molar-refractivity contribution in [3.63, 3.8) is 0 Å². The molecule has 2 aromatic carbocycles. The zero-order chi connectivity index (χ0) is 15.4. The first-order valence-electron chi connectivity index (χ1n) is 7.55. The average molecular weight is 419 g/mol. The second kappa shape index (κ2) is 7.64. The van der Waals surface area contributed by atoms with Crippen molar-refractivity contribution in [1.82, 2.24) is 0 Å². The number of aliphatic imine (C=N–C) groups is 1. The van der Waals surface area contributed by atoms with Crippen molar-refractivity contribution in [2.75, 3.05) is 10.6 Å². The molecule has 0 aliphatic carbocycles. The third-order valence-electron chi connectivity index (χ3n) is 3.48. The van der Waals surface area contributed by atoms with Gasteiger partial charge in [-0.15, -0.1) is 24.0 Å². The van der Waals surface area contributed by atoms with E-state index in [0.717, 1.165) is 23.6 Å². The molecule has 23 heavy (non-hydrogen) atoms. The highest BCUT2D eigenvalue weighted by Gasteiger charge is 2.23. The largest absolute Gasteiger partial charge is 0.359 e. The minimum Gasteiger partial charge on any atom is -0.359 e. The highest BCUT2D eigenvalue weighted by atomic mass is 127. The van der Waals surface area contributed by atoms with E-state index in [1.54, 1.807) is 0 Å². The Morgan fingerprint density at radius 1 is 0.826 bits per heavy atom. The maximum atomic E-state index is 4.79. The van der Waals surface area contributed by atoms with Gasteiger partial charge in [0, 0.05) is 23.5 Å². The van der Waals surface area contributed by atoms with E-state index in [2.05, 4.69) is 42.7 Å². The summed E-state index contributed by atoms with van der Waals surface area (Å²) in [5, 5.41) is 6.88. The van der Waals surface area contributed by atoms with Crippen LogP contribution in [-0.4, -0.2) is 11.4 Å². The Labute approximate surface area is 154 Å². The molecule has 2 aromatic rings. The molecule has 4 heteroatoms. The minimum absolute atomic E-state index is 0. The summed E-state index contributed by atoms with van der Waals surface area (Å²) >= 11 is 0. The van der Waals surface area contributed by atoms with Gasteiger partial charge < -0.3 is 10.6 Å². The van der Waals surface area contributed by atoms with Crippen LogP contribution in [0.5, 0.6) is 0 Å². The van der Waals surface area contributed by atoms with E-state index in [1.807, 2.05) is 48.5 Å². The van der Waals surface area contributed by atoms with Crippen LogP contribution in [0.4, 0.5) is 11.4 Å². The number of nitrogens with zero attached hydrogens (tertiary/aromatic N) is 1. The smallest absolute Gasteiger partial charge is 0.127 e. The number of halogens is 1. The first kappa shape index (κ1) is 17.5. The Hall–Kier alpha value is -1.82. The Morgan fingerprint density at radius 3 is 1.91 bits per heavy atom. The summed E-state index contributed by atoms with van der Waals surface area (Å²) in [5.41, 5.74) is 3.20. The molecule has 3 rings (SSSR count). The second-order valence-electron chi connectivity index (χ2n) is 6.14. The maximum Gasteiger partial charge on any atom is 0.127 e. The van der Waals surface area contributed by atoms with Gasteiger partial charge >= 0.3 is 0 Å². The summed E-state index contributed by atoms with van der Waals surface area (Å²) < 4.78 is 0. The van der Waals surface area contributed by atoms with Crippen molar-refractivity contribution < 1.29 is 0 Å². The first-order chi connectivity index (χ1) is 10.6. The number of dihydropyridines is 1. The van der Waals surface area contributed by atoms with Crippen molar-refractivity contribution in [3.8, 4) is 0 Å². The number of hydrogen-bond acceptors (Lipinski definition) is 3. The third-order valence-corrected chi connectivity index (χ3v) is 3.48. The molecule has 3 nitrogen and oxygen atoms in total. The molecule has 0 saturated heterocycles. The van der Waals surface area contributed by atoms with Gasteiger partial charge in [0.15, 0.2) is 0 Å². The van der Waals surface area contributed by atoms with Crippen molar-refractivity contribution in [2.45, 2.75) is 25.8 Å². The Morgan fingerprint density at radius 2 is 1.35 bits per heavy atom. The van der Waals surface area contributed by atoms with Gasteiger partial charge in [-0.05, 0) is 44.2 Å². The Balaban J connectivity index is 0.00000192. The molecule has 0 atom stereocenters. The van der Waals surface area contributed by atoms with Crippen LogP contribution in [0.25, 0.3) is 0 Å². The van der Waals surface area contributed by atoms with Crippen molar-refractivity contribution in [3.05, 3.63) is 72.4 Å². The fourth-order valence-corrected chi connectivity index (χ4v) is 2.60. The van der Waals surface area contributed by atoms with Gasteiger partial charge in [-0.2, -0.15) is 0 Å². The SMILES string of the molecule is CC1(C)CC(Nc2ccccc2)=CC(Nc2ccccc2)=N1.I. The van der Waals surface area contributed by atoms with Crippen LogP contribution in [-0.2, 0) is 0 Å². The van der Waals surface area contributed by atoms with Crippen LogP contribution in [0.1, 0.15) is 20.3 Å². The number of anilines is 2. The molecule has 0 saturated carbocycles. The number of nitrogens with one attached hydrogen (secondary N) is 2. The van der Waals surface area contributed by atoms with Gasteiger partial charge in [-0.1, -0.05) is 36.4 Å². The Bertz CT molecular complexity index is 691. The lowest BCUT2D eigenvalue weighted by molar-refractivity contribution is 0.514. The highest BCUT2D eigenvalue weighted by molar-refractivity contribution is 14.0. The molecular formula is C19H22IN3. The summed E-state index contributed by atoms with van der Waals surface area (Å²) in [7, 11) is 0. The van der Waals surface area contributed by atoms with E-state index in [1.165, 1.54) is 5.70 Å². The van der Waals surface area contributed by atoms with Crippen molar-refractivity contribution in [2.24, 2.45) is 4.99 Å². The van der Waals surface area contributed by atoms with Crippen molar-refractivity contribution in [1.29, 1.82) is 0 Å². The molecule has 0 radical (unpaired) electrons. The lowest BCUT2D eigenvalue weighted by atomic mass is 9.96. The Kier molecular flexibility index (Phi) is 5.82.